The summed E-state index contributed by atoms with van der Waals surface area (Å²) in [5, 5.41) is 7.90. The van der Waals surface area contributed by atoms with Crippen LogP contribution in [0.5, 0.6) is 0 Å². The van der Waals surface area contributed by atoms with Gasteiger partial charge in [-0.25, -0.2) is 0 Å². The van der Waals surface area contributed by atoms with Crippen LogP contribution in [0.2, 0.25) is 0 Å². The molecular weight excluding hydrogens is 356 g/mol. The van der Waals surface area contributed by atoms with Gasteiger partial charge >= 0.3 is 0 Å². The fraction of sp³-hybridized carbons (Fsp3) is 0.364. The molecule has 0 fully saturated rings. The summed E-state index contributed by atoms with van der Waals surface area (Å²) in [6, 6.07) is 18.0. The van der Waals surface area contributed by atoms with Gasteiger partial charge in [0.1, 0.15) is 25.1 Å². The van der Waals surface area contributed by atoms with Gasteiger partial charge in [0.2, 0.25) is 0 Å². The molecule has 6 nitrogen and oxygen atoms in total. The monoisotopic (exact) mass is 386 g/mol. The highest BCUT2D eigenvalue weighted by molar-refractivity contribution is 6.01. The zero-order valence-corrected chi connectivity index (χ0v) is 17.3. The normalized spacial score (nSPS) is 11.5. The van der Waals surface area contributed by atoms with Crippen molar-refractivity contribution in [3.05, 3.63) is 71.3 Å². The van der Waals surface area contributed by atoms with E-state index in [9.17, 15) is 0 Å². The summed E-state index contributed by atoms with van der Waals surface area (Å²) in [4.78, 5) is 9.76. The van der Waals surface area contributed by atoms with E-state index in [0.29, 0.717) is 19.8 Å². The van der Waals surface area contributed by atoms with Gasteiger partial charge in [0.15, 0.2) is 0 Å². The van der Waals surface area contributed by atoms with Crippen LogP contribution in [0.3, 0.4) is 0 Å². The van der Waals surface area contributed by atoms with E-state index < -0.39 is 0 Å². The van der Waals surface area contributed by atoms with E-state index in [2.05, 4.69) is 10.3 Å². The standard InChI is InChI=1S/2C11H15NO2/c1-9-4-6-10(7-5-9)11(8-13-2)12-14-3;1-3-14-12-11(9-13-2)10-7-5-4-6-8-10/h4-7H,8H2,1-3H3;4-8H,3,9H2,1-2H3/b2*12-11+. The second kappa shape index (κ2) is 14.4. The molecule has 0 radical (unpaired) electrons. The predicted octanol–water partition coefficient (Wildman–Crippen LogP) is 4.07. The van der Waals surface area contributed by atoms with Gasteiger partial charge in [-0.3, -0.25) is 0 Å². The molecule has 0 amide bonds. The molecule has 2 aromatic carbocycles. The van der Waals surface area contributed by atoms with E-state index >= 15 is 0 Å². The van der Waals surface area contributed by atoms with Crippen LogP contribution in [0.1, 0.15) is 23.6 Å². The first kappa shape index (κ1) is 23.3. The highest BCUT2D eigenvalue weighted by atomic mass is 16.6. The summed E-state index contributed by atoms with van der Waals surface area (Å²) >= 11 is 0. The molecule has 2 rings (SSSR count). The average Bonchev–Trinajstić information content (AvgIpc) is 2.73. The first-order chi connectivity index (χ1) is 13.7. The Morgan fingerprint density at radius 3 is 1.79 bits per heavy atom. The lowest BCUT2D eigenvalue weighted by atomic mass is 10.1. The molecule has 0 aliphatic heterocycles. The SMILES string of the molecule is CCO/N=C(\COC)c1ccccc1.COC/C(=N\OC)c1ccc(C)cc1. The van der Waals surface area contributed by atoms with Gasteiger partial charge in [0, 0.05) is 25.3 Å². The molecule has 0 spiro atoms. The maximum atomic E-state index is 5.04. The Hall–Kier alpha value is -2.70. The molecule has 6 heteroatoms. The van der Waals surface area contributed by atoms with E-state index in [-0.39, 0.29) is 0 Å². The first-order valence-electron chi connectivity index (χ1n) is 9.05. The number of hydrogen-bond acceptors (Lipinski definition) is 6. The van der Waals surface area contributed by atoms with Crippen LogP contribution in [0.15, 0.2) is 64.9 Å². The quantitative estimate of drug-likeness (QED) is 0.481. The molecular formula is C22H30N2O4. The fourth-order valence-electron chi connectivity index (χ4n) is 2.23. The van der Waals surface area contributed by atoms with Crippen molar-refractivity contribution in [1.29, 1.82) is 0 Å². The molecule has 0 aliphatic rings. The van der Waals surface area contributed by atoms with Gasteiger partial charge in [-0.2, -0.15) is 0 Å². The van der Waals surface area contributed by atoms with Crippen LogP contribution in [-0.2, 0) is 19.1 Å². The summed E-state index contributed by atoms with van der Waals surface area (Å²) < 4.78 is 10.1. The minimum absolute atomic E-state index is 0.455. The van der Waals surface area contributed by atoms with Crippen molar-refractivity contribution in [3.63, 3.8) is 0 Å². The molecule has 0 unspecified atom stereocenters. The minimum Gasteiger partial charge on any atom is -0.399 e. The molecule has 0 bridgehead atoms. The van der Waals surface area contributed by atoms with Crippen LogP contribution in [-0.4, -0.2) is 52.6 Å². The van der Waals surface area contributed by atoms with Crippen molar-refractivity contribution in [2.24, 2.45) is 10.3 Å². The number of nitrogens with zero attached hydrogens (tertiary/aromatic N) is 2. The number of methoxy groups -OCH3 is 2. The molecule has 0 N–H and O–H groups in total. The molecule has 0 heterocycles. The predicted molar refractivity (Wildman–Crippen MR) is 113 cm³/mol. The molecule has 152 valence electrons. The van der Waals surface area contributed by atoms with Crippen LogP contribution in [0.4, 0.5) is 0 Å². The zero-order valence-electron chi connectivity index (χ0n) is 17.3. The van der Waals surface area contributed by atoms with Crippen molar-refractivity contribution >= 4 is 11.4 Å². The number of hydrogen-bond donors (Lipinski definition) is 0. The Morgan fingerprint density at radius 1 is 0.750 bits per heavy atom. The minimum atomic E-state index is 0.455. The van der Waals surface area contributed by atoms with E-state index in [4.69, 9.17) is 19.1 Å². The fourth-order valence-corrected chi connectivity index (χ4v) is 2.23. The Bertz CT molecular complexity index is 713. The smallest absolute Gasteiger partial charge is 0.114 e. The summed E-state index contributed by atoms with van der Waals surface area (Å²) in [6.07, 6.45) is 0. The third-order valence-corrected chi connectivity index (χ3v) is 3.56. The second-order valence-corrected chi connectivity index (χ2v) is 5.77. The lowest BCUT2D eigenvalue weighted by Gasteiger charge is -2.04. The van der Waals surface area contributed by atoms with Gasteiger partial charge in [-0.05, 0) is 13.8 Å². The third kappa shape index (κ3) is 8.79. The Balaban J connectivity index is 0.000000280. The number of ether oxygens (including phenoxy) is 2. The van der Waals surface area contributed by atoms with Gasteiger partial charge < -0.3 is 19.1 Å². The van der Waals surface area contributed by atoms with Crippen LogP contribution in [0.25, 0.3) is 0 Å². The highest BCUT2D eigenvalue weighted by Gasteiger charge is 2.03. The number of aryl methyl sites for hydroxylation is 1. The Labute approximate surface area is 167 Å². The van der Waals surface area contributed by atoms with Crippen LogP contribution in [0, 0.1) is 6.92 Å². The van der Waals surface area contributed by atoms with Crippen molar-refractivity contribution in [1.82, 2.24) is 0 Å². The van der Waals surface area contributed by atoms with Crippen LogP contribution >= 0.6 is 0 Å². The summed E-state index contributed by atoms with van der Waals surface area (Å²) in [5.41, 5.74) is 4.90. The molecule has 0 aliphatic carbocycles. The zero-order chi connectivity index (χ0) is 20.6. The van der Waals surface area contributed by atoms with Gasteiger partial charge in [-0.15, -0.1) is 0 Å². The van der Waals surface area contributed by atoms with Crippen LogP contribution < -0.4 is 0 Å². The van der Waals surface area contributed by atoms with E-state index in [0.717, 1.165) is 22.6 Å². The van der Waals surface area contributed by atoms with E-state index in [1.165, 1.54) is 12.7 Å². The van der Waals surface area contributed by atoms with Crippen molar-refractivity contribution in [2.75, 3.05) is 41.2 Å². The third-order valence-electron chi connectivity index (χ3n) is 3.56. The van der Waals surface area contributed by atoms with Gasteiger partial charge in [0.05, 0.1) is 13.2 Å². The van der Waals surface area contributed by atoms with E-state index in [1.54, 1.807) is 14.2 Å². The number of rotatable bonds is 9. The largest absolute Gasteiger partial charge is 0.399 e. The molecule has 2 aromatic rings. The lowest BCUT2D eigenvalue weighted by molar-refractivity contribution is 0.154. The summed E-state index contributed by atoms with van der Waals surface area (Å²) in [7, 11) is 4.81. The molecule has 0 aromatic heterocycles. The van der Waals surface area contributed by atoms with Crippen molar-refractivity contribution in [3.8, 4) is 0 Å². The number of oxime groups is 2. The maximum absolute atomic E-state index is 5.04. The van der Waals surface area contributed by atoms with Gasteiger partial charge in [-0.1, -0.05) is 70.5 Å². The first-order valence-corrected chi connectivity index (χ1v) is 9.05. The van der Waals surface area contributed by atoms with E-state index in [1.807, 2.05) is 68.4 Å². The second-order valence-electron chi connectivity index (χ2n) is 5.77. The Morgan fingerprint density at radius 2 is 1.29 bits per heavy atom. The summed E-state index contributed by atoms with van der Waals surface area (Å²) in [5.74, 6) is 0. The molecule has 0 atom stereocenters. The van der Waals surface area contributed by atoms with Gasteiger partial charge in [0.25, 0.3) is 0 Å². The highest BCUT2D eigenvalue weighted by Crippen LogP contribution is 2.05. The maximum Gasteiger partial charge on any atom is 0.114 e. The topological polar surface area (TPSA) is 61.6 Å². The van der Waals surface area contributed by atoms with Crippen molar-refractivity contribution in [2.45, 2.75) is 13.8 Å². The van der Waals surface area contributed by atoms with Crippen molar-refractivity contribution < 1.29 is 19.1 Å². The molecule has 0 saturated heterocycles. The average molecular weight is 386 g/mol. The number of benzene rings is 2. The molecule has 0 saturated carbocycles. The Kier molecular flexibility index (Phi) is 12.0. The molecule has 28 heavy (non-hydrogen) atoms. The summed E-state index contributed by atoms with van der Waals surface area (Å²) in [6.45, 7) is 5.44. The lowest BCUT2D eigenvalue weighted by Crippen LogP contribution is -2.09.